The summed E-state index contributed by atoms with van der Waals surface area (Å²) < 4.78 is 10.9. The van der Waals surface area contributed by atoms with E-state index in [0.29, 0.717) is 84.3 Å². The molecule has 0 saturated carbocycles. The third-order valence-corrected chi connectivity index (χ3v) is 10.6. The summed E-state index contributed by atoms with van der Waals surface area (Å²) in [5.74, 6) is -1.33. The fraction of sp³-hybridized carbons (Fsp3) is 0.605. The molecule has 14 nitrogen and oxygen atoms in total. The highest BCUT2D eigenvalue weighted by Gasteiger charge is 2.34. The van der Waals surface area contributed by atoms with E-state index >= 15 is 0 Å². The Morgan fingerprint density at radius 1 is 0.842 bits per heavy atom. The number of carbonyl (C=O) groups excluding carboxylic acids is 5. The van der Waals surface area contributed by atoms with Crippen LogP contribution < -0.4 is 27.4 Å². The number of nitrogens with one attached hydrogen (secondary N) is 3. The Morgan fingerprint density at radius 3 is 2.11 bits per heavy atom. The van der Waals surface area contributed by atoms with Gasteiger partial charge in [-0.1, -0.05) is 80.9 Å². The molecule has 5 amide bonds. The van der Waals surface area contributed by atoms with E-state index < -0.39 is 36.0 Å². The molecule has 2 aliphatic rings. The normalized spacial score (nSPS) is 16.6. The van der Waals surface area contributed by atoms with Crippen LogP contribution in [0, 0.1) is 11.8 Å². The fourth-order valence-corrected chi connectivity index (χ4v) is 7.41. The zero-order valence-corrected chi connectivity index (χ0v) is 33.9. The van der Waals surface area contributed by atoms with Gasteiger partial charge in [0.2, 0.25) is 11.8 Å². The van der Waals surface area contributed by atoms with Crippen molar-refractivity contribution in [3.05, 3.63) is 71.8 Å². The van der Waals surface area contributed by atoms with Crippen LogP contribution in [0.15, 0.2) is 60.7 Å². The Balaban J connectivity index is 1.42. The minimum atomic E-state index is -0.982. The third-order valence-electron chi connectivity index (χ3n) is 10.6. The van der Waals surface area contributed by atoms with Crippen LogP contribution in [-0.4, -0.2) is 110 Å². The molecule has 314 valence electrons. The number of alkyl carbamates (subject to hydrolysis) is 1. The number of amides is 5. The first-order chi connectivity index (χ1) is 27.6. The van der Waals surface area contributed by atoms with Gasteiger partial charge < -0.3 is 46.7 Å². The SMILES string of the molecule is CC(C)C[C@@H](NC(=O)[C@@H](Cc1ccccc1)NC(=O)N(CCN)Cc1ccccc1)C(=O)C[C@H](CCCCN)C(=O)N1CCC(NC(=O)OC2CCOCC2)CC1. The lowest BCUT2D eigenvalue weighted by atomic mass is 9.89. The molecule has 0 radical (unpaired) electrons. The molecule has 7 N–H and O–H groups in total. The molecule has 0 unspecified atom stereocenters. The number of ketones is 1. The van der Waals surface area contributed by atoms with Crippen LogP contribution >= 0.6 is 0 Å². The second kappa shape index (κ2) is 24.3. The van der Waals surface area contributed by atoms with Crippen LogP contribution in [0.1, 0.15) is 82.8 Å². The molecule has 0 aliphatic carbocycles. The summed E-state index contributed by atoms with van der Waals surface area (Å²) in [6.45, 7) is 7.32. The third kappa shape index (κ3) is 15.7. The Labute approximate surface area is 338 Å². The van der Waals surface area contributed by atoms with Crippen molar-refractivity contribution in [1.29, 1.82) is 0 Å². The zero-order valence-electron chi connectivity index (χ0n) is 33.9. The van der Waals surface area contributed by atoms with E-state index in [1.807, 2.05) is 74.5 Å². The molecule has 0 spiro atoms. The molecule has 14 heteroatoms. The van der Waals surface area contributed by atoms with E-state index in [1.54, 1.807) is 9.80 Å². The maximum atomic E-state index is 14.2. The lowest BCUT2D eigenvalue weighted by Gasteiger charge is -2.35. The molecule has 57 heavy (non-hydrogen) atoms. The first kappa shape index (κ1) is 45.2. The molecular formula is C43H65N7O7. The zero-order chi connectivity index (χ0) is 41.0. The van der Waals surface area contributed by atoms with Crippen LogP contribution in [0.25, 0.3) is 0 Å². The Bertz CT molecular complexity index is 1530. The van der Waals surface area contributed by atoms with Gasteiger partial charge >= 0.3 is 12.1 Å². The van der Waals surface area contributed by atoms with Gasteiger partial charge in [-0.25, -0.2) is 9.59 Å². The number of nitrogens with two attached hydrogens (primary N) is 2. The van der Waals surface area contributed by atoms with E-state index in [0.717, 1.165) is 17.5 Å². The predicted molar refractivity (Wildman–Crippen MR) is 219 cm³/mol. The van der Waals surface area contributed by atoms with E-state index in [2.05, 4.69) is 16.0 Å². The van der Waals surface area contributed by atoms with Crippen LogP contribution in [-0.2, 0) is 36.8 Å². The van der Waals surface area contributed by atoms with E-state index in [4.69, 9.17) is 20.9 Å². The number of hydrogen-bond donors (Lipinski definition) is 5. The lowest BCUT2D eigenvalue weighted by Crippen LogP contribution is -2.55. The first-order valence-corrected chi connectivity index (χ1v) is 20.8. The monoisotopic (exact) mass is 791 g/mol. The molecule has 4 rings (SSSR count). The number of ether oxygens (including phenoxy) is 2. The predicted octanol–water partition coefficient (Wildman–Crippen LogP) is 3.90. The maximum absolute atomic E-state index is 14.2. The maximum Gasteiger partial charge on any atom is 0.407 e. The summed E-state index contributed by atoms with van der Waals surface area (Å²) in [6.07, 6.45) is 4.36. The first-order valence-electron chi connectivity index (χ1n) is 20.8. The van der Waals surface area contributed by atoms with Gasteiger partial charge in [-0.3, -0.25) is 14.4 Å². The van der Waals surface area contributed by atoms with Crippen LogP contribution in [0.3, 0.4) is 0 Å². The van der Waals surface area contributed by atoms with Crippen molar-refractivity contribution >= 4 is 29.7 Å². The Morgan fingerprint density at radius 2 is 1.49 bits per heavy atom. The number of hydrogen-bond acceptors (Lipinski definition) is 9. The summed E-state index contributed by atoms with van der Waals surface area (Å²) in [6, 6.07) is 16.6. The quantitative estimate of drug-likeness (QED) is 0.117. The average molecular weight is 792 g/mol. The van der Waals surface area contributed by atoms with Gasteiger partial charge in [0, 0.05) is 70.4 Å². The summed E-state index contributed by atoms with van der Waals surface area (Å²) in [4.78, 5) is 72.0. The molecule has 2 fully saturated rings. The number of piperidine rings is 1. The molecule has 2 aliphatic heterocycles. The number of carbonyl (C=O) groups is 5. The van der Waals surface area contributed by atoms with Crippen molar-refractivity contribution in [2.45, 2.75) is 109 Å². The minimum absolute atomic E-state index is 0.0340. The van der Waals surface area contributed by atoms with Crippen molar-refractivity contribution in [2.75, 3.05) is 45.9 Å². The van der Waals surface area contributed by atoms with Gasteiger partial charge in [-0.2, -0.15) is 0 Å². The summed E-state index contributed by atoms with van der Waals surface area (Å²) in [5, 5.41) is 8.88. The largest absolute Gasteiger partial charge is 0.446 e. The summed E-state index contributed by atoms with van der Waals surface area (Å²) in [5.41, 5.74) is 13.5. The van der Waals surface area contributed by atoms with Crippen molar-refractivity contribution in [3.63, 3.8) is 0 Å². The van der Waals surface area contributed by atoms with Crippen LogP contribution in [0.4, 0.5) is 9.59 Å². The summed E-state index contributed by atoms with van der Waals surface area (Å²) >= 11 is 0. The number of nitrogens with zero attached hydrogens (tertiary/aromatic N) is 2. The Kier molecular flexibility index (Phi) is 19.2. The van der Waals surface area contributed by atoms with Gasteiger partial charge in [0.25, 0.3) is 0 Å². The number of rotatable bonds is 21. The molecule has 2 saturated heterocycles. The molecule has 2 aromatic rings. The second-order valence-corrected chi connectivity index (χ2v) is 15.7. The average Bonchev–Trinajstić information content (AvgIpc) is 3.20. The van der Waals surface area contributed by atoms with E-state index in [9.17, 15) is 24.0 Å². The minimum Gasteiger partial charge on any atom is -0.446 e. The van der Waals surface area contributed by atoms with Gasteiger partial charge in [-0.05, 0) is 55.7 Å². The topological polar surface area (TPSA) is 198 Å². The summed E-state index contributed by atoms with van der Waals surface area (Å²) in [7, 11) is 0. The van der Waals surface area contributed by atoms with E-state index in [-0.39, 0.29) is 55.7 Å². The van der Waals surface area contributed by atoms with Crippen molar-refractivity contribution in [3.8, 4) is 0 Å². The molecule has 2 heterocycles. The van der Waals surface area contributed by atoms with E-state index in [1.165, 1.54) is 0 Å². The van der Waals surface area contributed by atoms with Crippen LogP contribution in [0.2, 0.25) is 0 Å². The highest BCUT2D eigenvalue weighted by atomic mass is 16.6. The molecule has 0 bridgehead atoms. The fourth-order valence-electron chi connectivity index (χ4n) is 7.41. The number of likely N-dealkylation sites (tertiary alicyclic amines) is 1. The van der Waals surface area contributed by atoms with Gasteiger partial charge in [0.1, 0.15) is 12.1 Å². The smallest absolute Gasteiger partial charge is 0.407 e. The Hall–Kier alpha value is -4.53. The van der Waals surface area contributed by atoms with Crippen molar-refractivity contribution < 1.29 is 33.4 Å². The molecular weight excluding hydrogens is 727 g/mol. The van der Waals surface area contributed by atoms with Gasteiger partial charge in [0.05, 0.1) is 19.3 Å². The standard InChI is InChI=1S/C43H65N7O7/c1-31(2)27-37(47-40(52)38(28-32-11-5-3-6-12-32)48-42(54)50(24-21-45)30-33-13-7-4-8-14-33)39(51)29-34(15-9-10-20-44)41(53)49-22-16-35(17-23-49)46-43(55)57-36-18-25-56-26-19-36/h3-8,11-14,31,34-38H,9-10,15-30,44-45H2,1-2H3,(H,46,55)(H,47,52)(H,48,54)/t34-,37+,38+/m0/s1. The van der Waals surface area contributed by atoms with Crippen molar-refractivity contribution in [2.24, 2.45) is 23.3 Å². The van der Waals surface area contributed by atoms with Crippen LogP contribution in [0.5, 0.6) is 0 Å². The highest BCUT2D eigenvalue weighted by molar-refractivity contribution is 5.94. The molecule has 0 aromatic heterocycles. The molecule has 2 aromatic carbocycles. The molecule has 3 atom stereocenters. The lowest BCUT2D eigenvalue weighted by molar-refractivity contribution is -0.140. The number of Topliss-reactive ketones (excluding diaryl/α,β-unsaturated/α-hetero) is 1. The number of benzene rings is 2. The number of urea groups is 1. The van der Waals surface area contributed by atoms with Gasteiger partial charge in [-0.15, -0.1) is 0 Å². The van der Waals surface area contributed by atoms with Gasteiger partial charge in [0.15, 0.2) is 5.78 Å². The van der Waals surface area contributed by atoms with Crippen molar-refractivity contribution in [1.82, 2.24) is 25.8 Å². The second-order valence-electron chi connectivity index (χ2n) is 15.7. The highest BCUT2D eigenvalue weighted by Crippen LogP contribution is 2.23. The number of unbranched alkanes of at least 4 members (excludes halogenated alkanes) is 1.